The number of rotatable bonds is 2. The Balaban J connectivity index is 0.000000605. The van der Waals surface area contributed by atoms with E-state index in [1.54, 1.807) is 0 Å². The van der Waals surface area contributed by atoms with Crippen LogP contribution < -0.4 is 10.6 Å². The van der Waals surface area contributed by atoms with Gasteiger partial charge in [0.1, 0.15) is 0 Å². The van der Waals surface area contributed by atoms with Crippen molar-refractivity contribution >= 4 is 12.4 Å². The zero-order chi connectivity index (χ0) is 6.97. The standard InChI is InChI=1S/C7H15N3.ClH/c1-10(6-2-8-3-6)7-4-9-5-7;/h6-9H,2-5H2,1H3;1H. The zero-order valence-corrected chi connectivity index (χ0v) is 7.66. The number of hydrogen-bond acceptors (Lipinski definition) is 3. The second kappa shape index (κ2) is 3.72. The molecule has 66 valence electrons. The maximum absolute atomic E-state index is 3.28. The van der Waals surface area contributed by atoms with Crippen molar-refractivity contribution < 1.29 is 0 Å². The van der Waals surface area contributed by atoms with Crippen LogP contribution in [-0.4, -0.2) is 50.2 Å². The van der Waals surface area contributed by atoms with Crippen molar-refractivity contribution in [2.45, 2.75) is 12.1 Å². The van der Waals surface area contributed by atoms with Crippen LogP contribution in [-0.2, 0) is 0 Å². The third-order valence-corrected chi connectivity index (χ3v) is 2.67. The van der Waals surface area contributed by atoms with Gasteiger partial charge in [0.05, 0.1) is 0 Å². The molecule has 0 aromatic heterocycles. The van der Waals surface area contributed by atoms with Crippen molar-refractivity contribution in [3.8, 4) is 0 Å². The molecule has 0 aromatic carbocycles. The molecule has 2 fully saturated rings. The third-order valence-electron chi connectivity index (χ3n) is 2.67. The Morgan fingerprint density at radius 3 is 1.55 bits per heavy atom. The first-order chi connectivity index (χ1) is 4.88. The molecular formula is C7H16ClN3. The van der Waals surface area contributed by atoms with E-state index < -0.39 is 0 Å². The van der Waals surface area contributed by atoms with Crippen molar-refractivity contribution in [3.05, 3.63) is 0 Å². The highest BCUT2D eigenvalue weighted by Gasteiger charge is 2.30. The van der Waals surface area contributed by atoms with Crippen LogP contribution in [0.25, 0.3) is 0 Å². The molecule has 2 heterocycles. The van der Waals surface area contributed by atoms with E-state index in [0.29, 0.717) is 0 Å². The van der Waals surface area contributed by atoms with Crippen LogP contribution in [0.4, 0.5) is 0 Å². The Morgan fingerprint density at radius 2 is 1.36 bits per heavy atom. The van der Waals surface area contributed by atoms with Gasteiger partial charge in [-0.05, 0) is 7.05 Å². The Morgan fingerprint density at radius 1 is 1.00 bits per heavy atom. The molecule has 0 saturated carbocycles. The molecule has 0 amide bonds. The van der Waals surface area contributed by atoms with E-state index in [-0.39, 0.29) is 12.4 Å². The highest BCUT2D eigenvalue weighted by Crippen LogP contribution is 2.09. The van der Waals surface area contributed by atoms with Crippen molar-refractivity contribution in [1.29, 1.82) is 0 Å². The van der Waals surface area contributed by atoms with E-state index in [1.807, 2.05) is 0 Å². The first-order valence-corrected chi connectivity index (χ1v) is 4.01. The molecule has 2 aliphatic heterocycles. The van der Waals surface area contributed by atoms with Crippen LogP contribution in [0.2, 0.25) is 0 Å². The van der Waals surface area contributed by atoms with Crippen LogP contribution in [0.3, 0.4) is 0 Å². The predicted octanol–water partition coefficient (Wildman–Crippen LogP) is -0.716. The van der Waals surface area contributed by atoms with Gasteiger partial charge in [-0.2, -0.15) is 0 Å². The van der Waals surface area contributed by atoms with Gasteiger partial charge in [0.2, 0.25) is 0 Å². The first-order valence-electron chi connectivity index (χ1n) is 4.01. The summed E-state index contributed by atoms with van der Waals surface area (Å²) in [5.74, 6) is 0. The van der Waals surface area contributed by atoms with Crippen LogP contribution in [0.5, 0.6) is 0 Å². The van der Waals surface area contributed by atoms with Gasteiger partial charge in [-0.25, -0.2) is 0 Å². The maximum atomic E-state index is 3.28. The minimum Gasteiger partial charge on any atom is -0.314 e. The summed E-state index contributed by atoms with van der Waals surface area (Å²) in [6.07, 6.45) is 0. The summed E-state index contributed by atoms with van der Waals surface area (Å²) in [6.45, 7) is 4.75. The van der Waals surface area contributed by atoms with Crippen LogP contribution in [0.15, 0.2) is 0 Å². The number of hydrogen-bond donors (Lipinski definition) is 2. The van der Waals surface area contributed by atoms with Gasteiger partial charge in [-0.1, -0.05) is 0 Å². The number of likely N-dealkylation sites (N-methyl/N-ethyl adjacent to an activating group) is 1. The summed E-state index contributed by atoms with van der Waals surface area (Å²) < 4.78 is 0. The first kappa shape index (κ1) is 9.26. The lowest BCUT2D eigenvalue weighted by Gasteiger charge is -2.44. The molecule has 2 saturated heterocycles. The normalized spacial score (nSPS) is 25.6. The largest absolute Gasteiger partial charge is 0.314 e. The molecule has 3 nitrogen and oxygen atoms in total. The monoisotopic (exact) mass is 177 g/mol. The molecule has 11 heavy (non-hydrogen) atoms. The second-order valence-electron chi connectivity index (χ2n) is 3.29. The minimum atomic E-state index is 0. The summed E-state index contributed by atoms with van der Waals surface area (Å²) in [7, 11) is 2.23. The van der Waals surface area contributed by atoms with E-state index in [4.69, 9.17) is 0 Å². The Labute approximate surface area is 73.9 Å². The van der Waals surface area contributed by atoms with Gasteiger partial charge in [0.25, 0.3) is 0 Å². The zero-order valence-electron chi connectivity index (χ0n) is 6.84. The highest BCUT2D eigenvalue weighted by atomic mass is 35.5. The van der Waals surface area contributed by atoms with Gasteiger partial charge < -0.3 is 10.6 Å². The summed E-state index contributed by atoms with van der Waals surface area (Å²) in [4.78, 5) is 2.49. The number of nitrogens with one attached hydrogen (secondary N) is 2. The molecule has 2 rings (SSSR count). The lowest BCUT2D eigenvalue weighted by molar-refractivity contribution is 0.0945. The molecule has 4 heteroatoms. The lowest BCUT2D eigenvalue weighted by atomic mass is 10.1. The van der Waals surface area contributed by atoms with E-state index in [2.05, 4.69) is 22.6 Å². The van der Waals surface area contributed by atoms with Gasteiger partial charge >= 0.3 is 0 Å². The summed E-state index contributed by atoms with van der Waals surface area (Å²) in [5.41, 5.74) is 0. The molecule has 0 unspecified atom stereocenters. The van der Waals surface area contributed by atoms with Crippen LogP contribution >= 0.6 is 12.4 Å². The maximum Gasteiger partial charge on any atom is 0.0346 e. The van der Waals surface area contributed by atoms with Gasteiger partial charge in [-0.15, -0.1) is 12.4 Å². The van der Waals surface area contributed by atoms with Gasteiger partial charge in [0.15, 0.2) is 0 Å². The fourth-order valence-corrected chi connectivity index (χ4v) is 1.42. The van der Waals surface area contributed by atoms with E-state index >= 15 is 0 Å². The lowest BCUT2D eigenvalue weighted by Crippen LogP contribution is -2.65. The average molecular weight is 178 g/mol. The third kappa shape index (κ3) is 1.67. The van der Waals surface area contributed by atoms with Crippen LogP contribution in [0.1, 0.15) is 0 Å². The Hall–Kier alpha value is 0.170. The molecule has 0 radical (unpaired) electrons. The fraction of sp³-hybridized carbons (Fsp3) is 1.00. The Kier molecular flexibility index (Phi) is 3.13. The Bertz CT molecular complexity index is 109. The van der Waals surface area contributed by atoms with Crippen molar-refractivity contribution in [2.75, 3.05) is 33.2 Å². The fourth-order valence-electron chi connectivity index (χ4n) is 1.42. The smallest absolute Gasteiger partial charge is 0.0346 e. The number of halogens is 1. The predicted molar refractivity (Wildman–Crippen MR) is 48.3 cm³/mol. The molecule has 0 bridgehead atoms. The van der Waals surface area contributed by atoms with Crippen molar-refractivity contribution in [3.63, 3.8) is 0 Å². The van der Waals surface area contributed by atoms with Crippen molar-refractivity contribution in [1.82, 2.24) is 15.5 Å². The summed E-state index contributed by atoms with van der Waals surface area (Å²) >= 11 is 0. The molecule has 2 N–H and O–H groups in total. The number of nitrogens with zero attached hydrogens (tertiary/aromatic N) is 1. The SMILES string of the molecule is CN(C1CNC1)C1CNC1.Cl. The molecule has 0 aromatic rings. The van der Waals surface area contributed by atoms with Gasteiger partial charge in [0, 0.05) is 38.3 Å². The molecule has 0 atom stereocenters. The average Bonchev–Trinajstić information content (AvgIpc) is 1.52. The minimum absolute atomic E-state index is 0. The molecule has 0 aliphatic carbocycles. The molecule has 0 spiro atoms. The molecule has 2 aliphatic rings. The highest BCUT2D eigenvalue weighted by molar-refractivity contribution is 5.85. The summed E-state index contributed by atoms with van der Waals surface area (Å²) in [6, 6.07) is 1.62. The summed E-state index contributed by atoms with van der Waals surface area (Å²) in [5, 5.41) is 6.57. The van der Waals surface area contributed by atoms with E-state index in [0.717, 1.165) is 12.1 Å². The van der Waals surface area contributed by atoms with Crippen LogP contribution in [0, 0.1) is 0 Å². The second-order valence-corrected chi connectivity index (χ2v) is 3.29. The van der Waals surface area contributed by atoms with E-state index in [1.165, 1.54) is 26.2 Å². The molecular weight excluding hydrogens is 162 g/mol. The van der Waals surface area contributed by atoms with E-state index in [9.17, 15) is 0 Å². The topological polar surface area (TPSA) is 27.3 Å². The van der Waals surface area contributed by atoms with Crippen molar-refractivity contribution in [2.24, 2.45) is 0 Å². The quantitative estimate of drug-likeness (QED) is 0.584. The van der Waals surface area contributed by atoms with Gasteiger partial charge in [-0.3, -0.25) is 4.90 Å².